The fourth-order valence-electron chi connectivity index (χ4n) is 3.00. The Morgan fingerprint density at radius 2 is 1.69 bits per heavy atom. The van der Waals surface area contributed by atoms with Gasteiger partial charge in [0.25, 0.3) is 0 Å². The van der Waals surface area contributed by atoms with Gasteiger partial charge in [-0.2, -0.15) is 0 Å². The molecule has 1 aromatic carbocycles. The van der Waals surface area contributed by atoms with Crippen molar-refractivity contribution in [1.82, 2.24) is 4.58 Å². The van der Waals surface area contributed by atoms with Crippen molar-refractivity contribution in [1.29, 1.82) is 0 Å². The Morgan fingerprint density at radius 3 is 2.25 bits per heavy atom. The maximum absolute atomic E-state index is 5.57. The molecule has 0 saturated carbocycles. The van der Waals surface area contributed by atoms with E-state index in [1.54, 1.807) is 4.90 Å². The summed E-state index contributed by atoms with van der Waals surface area (Å²) >= 11 is 10.2. The Kier molecular flexibility index (Phi) is 2.90. The highest BCUT2D eigenvalue weighted by molar-refractivity contribution is 7.80. The number of hydrogen-bond donors (Lipinski definition) is 2. The summed E-state index contributed by atoms with van der Waals surface area (Å²) in [7, 11) is 0. The second kappa shape index (κ2) is 4.24. The summed E-state index contributed by atoms with van der Waals surface area (Å²) in [4.78, 5) is 2.75. The standard InChI is InChI=1S/C12H16N2S2/c15-11-9(13-5-1-2-6-13)12(16)10(11)14-7-3-4-8-14/h1-8H2/p+2. The lowest BCUT2D eigenvalue weighted by atomic mass is 10.2. The molecule has 0 atom stereocenters. The van der Waals surface area contributed by atoms with E-state index in [1.807, 2.05) is 0 Å². The lowest BCUT2D eigenvalue weighted by Crippen LogP contribution is -3.05. The van der Waals surface area contributed by atoms with Gasteiger partial charge < -0.3 is 0 Å². The van der Waals surface area contributed by atoms with E-state index in [9.17, 15) is 0 Å². The quantitative estimate of drug-likeness (QED) is 0.420. The molecule has 4 heteroatoms. The molecule has 86 valence electrons. The van der Waals surface area contributed by atoms with E-state index >= 15 is 0 Å². The third kappa shape index (κ3) is 1.59. The lowest BCUT2D eigenvalue weighted by Gasteiger charge is -2.15. The summed E-state index contributed by atoms with van der Waals surface area (Å²) in [6.07, 6.45) is 5.28. The van der Waals surface area contributed by atoms with E-state index in [0.717, 1.165) is 4.51 Å². The molecule has 0 amide bonds. The van der Waals surface area contributed by atoms with Gasteiger partial charge in [0.2, 0.25) is 5.36 Å². The molecule has 1 aromatic rings. The SMILES string of the molecule is S=c1c([NH+]2CCCC2)c(S)c1=[N+]1CCCC1. The molecule has 1 N–H and O–H groups in total. The normalized spacial score (nSPS) is 22.4. The molecule has 16 heavy (non-hydrogen) atoms. The van der Waals surface area contributed by atoms with Crippen LogP contribution in [-0.4, -0.2) is 26.2 Å². The van der Waals surface area contributed by atoms with Crippen LogP contribution in [0.1, 0.15) is 25.7 Å². The van der Waals surface area contributed by atoms with Gasteiger partial charge in [-0.25, -0.2) is 4.58 Å². The molecular weight excluding hydrogens is 236 g/mol. The first-order valence-electron chi connectivity index (χ1n) is 6.24. The minimum Gasteiger partial charge on any atom is -0.300 e. The smallest absolute Gasteiger partial charge is 0.244 e. The minimum atomic E-state index is 1.10. The third-order valence-electron chi connectivity index (χ3n) is 3.89. The Hall–Kier alpha value is -0.190. The fourth-order valence-corrected chi connectivity index (χ4v) is 4.16. The fraction of sp³-hybridized carbons (Fsp3) is 0.667. The van der Waals surface area contributed by atoms with E-state index in [1.165, 1.54) is 67.8 Å². The Balaban J connectivity index is 2.02. The van der Waals surface area contributed by atoms with Crippen LogP contribution in [0.2, 0.25) is 0 Å². The number of thiol groups is 1. The van der Waals surface area contributed by atoms with Gasteiger partial charge in [-0.15, -0.1) is 12.6 Å². The molecule has 0 unspecified atom stereocenters. The summed E-state index contributed by atoms with van der Waals surface area (Å²) in [6, 6.07) is 0. The second-order valence-corrected chi connectivity index (χ2v) is 5.76. The first-order valence-corrected chi connectivity index (χ1v) is 7.10. The summed E-state index contributed by atoms with van der Waals surface area (Å²) in [6.45, 7) is 4.82. The highest BCUT2D eigenvalue weighted by atomic mass is 32.1. The maximum Gasteiger partial charge on any atom is 0.244 e. The lowest BCUT2D eigenvalue weighted by molar-refractivity contribution is -0.821. The third-order valence-corrected chi connectivity index (χ3v) is 4.72. The van der Waals surface area contributed by atoms with Crippen LogP contribution in [-0.2, 0) is 0 Å². The van der Waals surface area contributed by atoms with Crippen molar-refractivity contribution in [3.8, 4) is 0 Å². The Labute approximate surface area is 107 Å². The van der Waals surface area contributed by atoms with Crippen LogP contribution in [0.25, 0.3) is 0 Å². The van der Waals surface area contributed by atoms with Crippen molar-refractivity contribution in [2.24, 2.45) is 0 Å². The largest absolute Gasteiger partial charge is 0.300 e. The van der Waals surface area contributed by atoms with Crippen molar-refractivity contribution in [2.75, 3.05) is 26.2 Å². The van der Waals surface area contributed by atoms with Crippen LogP contribution >= 0.6 is 24.8 Å². The van der Waals surface area contributed by atoms with Crippen LogP contribution in [0.5, 0.6) is 0 Å². The molecule has 2 heterocycles. The molecular formula is C12H18N2S2+2. The van der Waals surface area contributed by atoms with Gasteiger partial charge in [0.15, 0.2) is 10.2 Å². The van der Waals surface area contributed by atoms with Gasteiger partial charge in [0.05, 0.1) is 13.1 Å². The number of nitrogens with one attached hydrogen (secondary N) is 1. The number of nitrogens with zero attached hydrogens (tertiary/aromatic N) is 1. The van der Waals surface area contributed by atoms with Crippen molar-refractivity contribution in [3.05, 3.63) is 9.87 Å². The molecule has 0 aliphatic carbocycles. The van der Waals surface area contributed by atoms with Crippen LogP contribution < -0.4 is 14.8 Å². The number of hydrogen-bond acceptors (Lipinski definition) is 2. The van der Waals surface area contributed by atoms with Crippen LogP contribution in [0.15, 0.2) is 4.90 Å². The summed E-state index contributed by atoms with van der Waals surface area (Å²) in [5.74, 6) is 0. The van der Waals surface area contributed by atoms with Gasteiger partial charge in [-0.1, -0.05) is 12.2 Å². The van der Waals surface area contributed by atoms with E-state index in [2.05, 4.69) is 17.2 Å². The number of rotatable bonds is 1. The second-order valence-electron chi connectivity index (χ2n) is 4.91. The molecule has 0 aromatic heterocycles. The predicted octanol–water partition coefficient (Wildman–Crippen LogP) is 0.457. The summed E-state index contributed by atoms with van der Waals surface area (Å²) < 4.78 is 3.52. The summed E-state index contributed by atoms with van der Waals surface area (Å²) in [5.41, 5.74) is 1.33. The first kappa shape index (κ1) is 10.9. The Morgan fingerprint density at radius 1 is 1.06 bits per heavy atom. The minimum absolute atomic E-state index is 1.10. The van der Waals surface area contributed by atoms with Gasteiger partial charge in [0.1, 0.15) is 18.0 Å². The molecule has 2 nitrogen and oxygen atoms in total. The average Bonchev–Trinajstić information content (AvgIpc) is 2.91. The van der Waals surface area contributed by atoms with Crippen molar-refractivity contribution in [2.45, 2.75) is 30.6 Å². The van der Waals surface area contributed by atoms with Crippen LogP contribution in [0.3, 0.4) is 0 Å². The molecule has 2 aliphatic heterocycles. The Bertz CT molecular complexity index is 483. The van der Waals surface area contributed by atoms with Crippen LogP contribution in [0, 0.1) is 4.51 Å². The average molecular weight is 254 g/mol. The summed E-state index contributed by atoms with van der Waals surface area (Å²) in [5, 5.41) is 1.27. The van der Waals surface area contributed by atoms with Crippen LogP contribution in [0.4, 0.5) is 5.69 Å². The molecule has 3 rings (SSSR count). The predicted molar refractivity (Wildman–Crippen MR) is 70.7 cm³/mol. The highest BCUT2D eigenvalue weighted by Gasteiger charge is 2.32. The molecule has 2 fully saturated rings. The van der Waals surface area contributed by atoms with E-state index in [0.29, 0.717) is 0 Å². The maximum atomic E-state index is 5.57. The van der Waals surface area contributed by atoms with E-state index in [-0.39, 0.29) is 0 Å². The van der Waals surface area contributed by atoms with E-state index < -0.39 is 0 Å². The van der Waals surface area contributed by atoms with Gasteiger partial charge >= 0.3 is 0 Å². The molecule has 0 bridgehead atoms. The highest BCUT2D eigenvalue weighted by Crippen LogP contribution is 2.18. The topological polar surface area (TPSA) is 7.45 Å². The first-order chi connectivity index (χ1) is 7.79. The van der Waals surface area contributed by atoms with Gasteiger partial charge in [-0.3, -0.25) is 4.90 Å². The molecule has 2 aliphatic rings. The van der Waals surface area contributed by atoms with Gasteiger partial charge in [0, 0.05) is 25.7 Å². The zero-order valence-corrected chi connectivity index (χ0v) is 11.2. The van der Waals surface area contributed by atoms with Crippen molar-refractivity contribution < 1.29 is 4.90 Å². The molecule has 0 radical (unpaired) electrons. The van der Waals surface area contributed by atoms with Gasteiger partial charge in [-0.05, 0) is 0 Å². The van der Waals surface area contributed by atoms with Crippen molar-refractivity contribution in [3.63, 3.8) is 0 Å². The zero-order valence-electron chi connectivity index (χ0n) is 9.46. The molecule has 0 spiro atoms. The van der Waals surface area contributed by atoms with Crippen molar-refractivity contribution >= 4 is 30.5 Å². The number of quaternary nitrogens is 1. The zero-order chi connectivity index (χ0) is 11.1. The monoisotopic (exact) mass is 254 g/mol. The van der Waals surface area contributed by atoms with E-state index in [4.69, 9.17) is 12.2 Å². The molecule has 2 saturated heterocycles.